The van der Waals surface area contributed by atoms with E-state index in [-0.39, 0.29) is 11.5 Å². The van der Waals surface area contributed by atoms with Crippen LogP contribution in [0, 0.1) is 0 Å². The van der Waals surface area contributed by atoms with E-state index in [1.807, 2.05) is 6.92 Å². The van der Waals surface area contributed by atoms with Crippen LogP contribution in [0.1, 0.15) is 26.7 Å². The Kier molecular flexibility index (Phi) is 4.14. The number of nitrogens with zero attached hydrogens (tertiary/aromatic N) is 1. The van der Waals surface area contributed by atoms with Crippen molar-refractivity contribution in [1.82, 2.24) is 4.90 Å². The number of likely N-dealkylation sites (tertiary alicyclic amines) is 1. The first-order valence-corrected chi connectivity index (χ1v) is 7.32. The zero-order valence-corrected chi connectivity index (χ0v) is 10.4. The minimum Gasteiger partial charge on any atom is -0.389 e. The molecule has 1 N–H and O–H groups in total. The molecule has 1 fully saturated rings. The van der Waals surface area contributed by atoms with Gasteiger partial charge in [-0.3, -0.25) is 0 Å². The fourth-order valence-electron chi connectivity index (χ4n) is 1.88. The molecule has 1 saturated heterocycles. The van der Waals surface area contributed by atoms with Gasteiger partial charge in [0.1, 0.15) is 9.84 Å². The molecule has 0 aromatic carbocycles. The average Bonchev–Trinajstić information content (AvgIpc) is 2.45. The summed E-state index contributed by atoms with van der Waals surface area (Å²) in [6, 6.07) is 0. The van der Waals surface area contributed by atoms with Crippen LogP contribution in [0.3, 0.4) is 0 Å². The van der Waals surface area contributed by atoms with Gasteiger partial charge in [0.15, 0.2) is 0 Å². The molecule has 0 amide bonds. The number of rotatable bonds is 5. The predicted molar refractivity (Wildman–Crippen MR) is 60.6 cm³/mol. The Morgan fingerprint density at radius 1 is 1.47 bits per heavy atom. The number of hydrogen-bond donors (Lipinski definition) is 1. The minimum atomic E-state index is -2.83. The maximum absolute atomic E-state index is 11.2. The highest BCUT2D eigenvalue weighted by molar-refractivity contribution is 7.91. The van der Waals surface area contributed by atoms with Crippen LogP contribution in [0.4, 0.5) is 0 Å². The van der Waals surface area contributed by atoms with Gasteiger partial charge in [0, 0.05) is 18.8 Å². The van der Waals surface area contributed by atoms with Crippen LogP contribution in [-0.2, 0) is 9.84 Å². The summed E-state index contributed by atoms with van der Waals surface area (Å²) in [6.07, 6.45) is 1.46. The molecule has 0 spiro atoms. The lowest BCUT2D eigenvalue weighted by atomic mass is 10.1. The third-order valence-electron chi connectivity index (χ3n) is 2.90. The van der Waals surface area contributed by atoms with E-state index in [0.717, 1.165) is 19.5 Å². The molecule has 90 valence electrons. The summed E-state index contributed by atoms with van der Waals surface area (Å²) >= 11 is 0. The molecule has 1 atom stereocenters. The summed E-state index contributed by atoms with van der Waals surface area (Å²) in [6.45, 7) is 5.82. The van der Waals surface area contributed by atoms with Crippen molar-refractivity contribution < 1.29 is 13.5 Å². The number of β-amino-alcohol motifs (C(OH)–C–C–N with tert-alkyl or cyclic N) is 1. The van der Waals surface area contributed by atoms with Crippen LogP contribution < -0.4 is 0 Å². The Morgan fingerprint density at radius 3 is 2.60 bits per heavy atom. The highest BCUT2D eigenvalue weighted by atomic mass is 32.2. The third-order valence-corrected chi connectivity index (χ3v) is 4.69. The Hall–Kier alpha value is -0.130. The zero-order chi connectivity index (χ0) is 11.5. The number of aliphatic hydroxyl groups is 1. The zero-order valence-electron chi connectivity index (χ0n) is 9.57. The molecule has 0 radical (unpaired) electrons. The van der Waals surface area contributed by atoms with Gasteiger partial charge < -0.3 is 10.0 Å². The van der Waals surface area contributed by atoms with E-state index >= 15 is 0 Å². The Morgan fingerprint density at radius 2 is 2.13 bits per heavy atom. The highest BCUT2D eigenvalue weighted by Gasteiger charge is 2.30. The first kappa shape index (κ1) is 12.9. The van der Waals surface area contributed by atoms with E-state index < -0.39 is 15.4 Å². The molecule has 4 nitrogen and oxygen atoms in total. The lowest BCUT2D eigenvalue weighted by Gasteiger charge is -2.18. The Balaban J connectivity index is 2.23. The topological polar surface area (TPSA) is 57.6 Å². The number of sulfone groups is 1. The predicted octanol–water partition coefficient (Wildman–Crippen LogP) is 0.268. The number of hydrogen-bond acceptors (Lipinski definition) is 4. The van der Waals surface area contributed by atoms with Crippen molar-refractivity contribution in [3.63, 3.8) is 0 Å². The van der Waals surface area contributed by atoms with Crippen molar-refractivity contribution in [3.8, 4) is 0 Å². The summed E-state index contributed by atoms with van der Waals surface area (Å²) in [5, 5.41) is 9.71. The Bertz CT molecular complexity index is 298. The second-order valence-electron chi connectivity index (χ2n) is 4.61. The van der Waals surface area contributed by atoms with Gasteiger partial charge >= 0.3 is 0 Å². The minimum absolute atomic E-state index is 0.227. The van der Waals surface area contributed by atoms with E-state index in [4.69, 9.17) is 0 Å². The smallest absolute Gasteiger partial charge is 0.150 e. The van der Waals surface area contributed by atoms with Gasteiger partial charge in [-0.2, -0.15) is 0 Å². The SMILES string of the molecule is CCS(=O)(=O)CCCN1CCC(C)(O)C1. The normalized spacial score (nSPS) is 28.5. The van der Waals surface area contributed by atoms with E-state index in [0.29, 0.717) is 13.0 Å². The molecule has 0 aromatic heterocycles. The van der Waals surface area contributed by atoms with Crippen LogP contribution in [0.15, 0.2) is 0 Å². The van der Waals surface area contributed by atoms with Crippen LogP contribution in [0.5, 0.6) is 0 Å². The summed E-state index contributed by atoms with van der Waals surface area (Å²) in [5.74, 6) is 0.493. The van der Waals surface area contributed by atoms with E-state index in [2.05, 4.69) is 4.90 Å². The average molecular weight is 235 g/mol. The largest absolute Gasteiger partial charge is 0.389 e. The molecule has 1 aliphatic heterocycles. The molecule has 1 rings (SSSR count). The summed E-state index contributed by atoms with van der Waals surface area (Å²) in [4.78, 5) is 2.13. The molecule has 15 heavy (non-hydrogen) atoms. The molecule has 0 aromatic rings. The molecule has 0 saturated carbocycles. The van der Waals surface area contributed by atoms with Crippen molar-refractivity contribution in [2.75, 3.05) is 31.1 Å². The van der Waals surface area contributed by atoms with Crippen molar-refractivity contribution in [3.05, 3.63) is 0 Å². The van der Waals surface area contributed by atoms with Gasteiger partial charge in [0.2, 0.25) is 0 Å². The van der Waals surface area contributed by atoms with Gasteiger partial charge in [-0.25, -0.2) is 8.42 Å². The van der Waals surface area contributed by atoms with E-state index in [1.165, 1.54) is 0 Å². The molecular formula is C10H21NO3S. The van der Waals surface area contributed by atoms with Gasteiger partial charge in [0.25, 0.3) is 0 Å². The van der Waals surface area contributed by atoms with Gasteiger partial charge in [-0.1, -0.05) is 6.92 Å². The second-order valence-corrected chi connectivity index (χ2v) is 7.09. The second kappa shape index (κ2) is 4.80. The summed E-state index contributed by atoms with van der Waals surface area (Å²) in [5.41, 5.74) is -0.580. The first-order valence-electron chi connectivity index (χ1n) is 5.50. The molecular weight excluding hydrogens is 214 g/mol. The van der Waals surface area contributed by atoms with Crippen molar-refractivity contribution in [2.45, 2.75) is 32.3 Å². The van der Waals surface area contributed by atoms with Crippen molar-refractivity contribution in [2.24, 2.45) is 0 Å². The standard InChI is InChI=1S/C10H21NO3S/c1-3-15(13,14)8-4-6-11-7-5-10(2,12)9-11/h12H,3-9H2,1-2H3. The third kappa shape index (κ3) is 4.49. The van der Waals surface area contributed by atoms with Crippen LogP contribution in [0.2, 0.25) is 0 Å². The fourth-order valence-corrected chi connectivity index (χ4v) is 2.74. The van der Waals surface area contributed by atoms with Crippen LogP contribution >= 0.6 is 0 Å². The fraction of sp³-hybridized carbons (Fsp3) is 1.00. The monoisotopic (exact) mass is 235 g/mol. The van der Waals surface area contributed by atoms with Crippen LogP contribution in [0.25, 0.3) is 0 Å². The maximum Gasteiger partial charge on any atom is 0.150 e. The Labute approximate surface area is 92.2 Å². The van der Waals surface area contributed by atoms with Crippen molar-refractivity contribution in [1.29, 1.82) is 0 Å². The molecule has 0 aliphatic carbocycles. The lowest BCUT2D eigenvalue weighted by Crippen LogP contribution is -2.30. The van der Waals surface area contributed by atoms with E-state index in [1.54, 1.807) is 6.92 Å². The van der Waals surface area contributed by atoms with Gasteiger partial charge in [-0.05, 0) is 26.3 Å². The lowest BCUT2D eigenvalue weighted by molar-refractivity contribution is 0.0689. The van der Waals surface area contributed by atoms with Crippen molar-refractivity contribution >= 4 is 9.84 Å². The van der Waals surface area contributed by atoms with E-state index in [9.17, 15) is 13.5 Å². The molecule has 1 heterocycles. The van der Waals surface area contributed by atoms with Gasteiger partial charge in [-0.15, -0.1) is 0 Å². The first-order chi connectivity index (χ1) is 6.85. The molecule has 0 bridgehead atoms. The molecule has 5 heteroatoms. The molecule has 1 aliphatic rings. The maximum atomic E-state index is 11.2. The van der Waals surface area contributed by atoms with Gasteiger partial charge in [0.05, 0.1) is 11.4 Å². The highest BCUT2D eigenvalue weighted by Crippen LogP contribution is 2.20. The van der Waals surface area contributed by atoms with Crippen LogP contribution in [-0.4, -0.2) is 55.2 Å². The summed E-state index contributed by atoms with van der Waals surface area (Å²) < 4.78 is 22.5. The molecule has 1 unspecified atom stereocenters. The summed E-state index contributed by atoms with van der Waals surface area (Å²) in [7, 11) is -2.83. The quantitative estimate of drug-likeness (QED) is 0.743.